The normalized spacial score (nSPS) is 14.2. The Hall–Kier alpha value is -3.15. The summed E-state index contributed by atoms with van der Waals surface area (Å²) in [6.07, 6.45) is 3.36. The van der Waals surface area contributed by atoms with E-state index in [4.69, 9.17) is 14.2 Å². The largest absolute Gasteiger partial charge is 0.496 e. The summed E-state index contributed by atoms with van der Waals surface area (Å²) in [5.41, 5.74) is 4.61. The fourth-order valence-electron chi connectivity index (χ4n) is 3.70. The topological polar surface area (TPSA) is 51.2 Å². The summed E-state index contributed by atoms with van der Waals surface area (Å²) in [5, 5.41) is 0. The van der Waals surface area contributed by atoms with Crippen molar-refractivity contribution in [3.05, 3.63) is 53.1 Å². The predicted molar refractivity (Wildman–Crippen MR) is 120 cm³/mol. The summed E-state index contributed by atoms with van der Waals surface area (Å²) in [6, 6.07) is 9.94. The standard InChI is InChI=1S/C24H30N2O4/c1-17-7-6-8-20(18(17)2)25-11-13-26(14-12-25)24(27)10-9-19-15-22(29-4)23(30-5)16-21(19)28-3/h6-10,15-16H,11-14H2,1-5H3/b10-9+. The Morgan fingerprint density at radius 2 is 1.53 bits per heavy atom. The van der Waals surface area contributed by atoms with Crippen LogP contribution in [0, 0.1) is 13.8 Å². The molecule has 0 aliphatic carbocycles. The van der Waals surface area contributed by atoms with Gasteiger partial charge in [0.05, 0.1) is 21.3 Å². The Labute approximate surface area is 178 Å². The highest BCUT2D eigenvalue weighted by Crippen LogP contribution is 2.35. The lowest BCUT2D eigenvalue weighted by atomic mass is 10.1. The lowest BCUT2D eigenvalue weighted by Gasteiger charge is -2.36. The van der Waals surface area contributed by atoms with Crippen LogP contribution >= 0.6 is 0 Å². The number of anilines is 1. The fourth-order valence-corrected chi connectivity index (χ4v) is 3.70. The summed E-state index contributed by atoms with van der Waals surface area (Å²) in [6.45, 7) is 7.32. The zero-order valence-electron chi connectivity index (χ0n) is 18.4. The average molecular weight is 411 g/mol. The third-order valence-corrected chi connectivity index (χ3v) is 5.65. The van der Waals surface area contributed by atoms with Crippen LogP contribution in [0.5, 0.6) is 17.2 Å². The van der Waals surface area contributed by atoms with Crippen LogP contribution < -0.4 is 19.1 Å². The number of hydrogen-bond donors (Lipinski definition) is 0. The SMILES string of the molecule is COc1cc(OC)c(OC)cc1/C=C/C(=O)N1CCN(c2cccc(C)c2C)CC1. The molecule has 1 fully saturated rings. The molecule has 2 aromatic carbocycles. The van der Waals surface area contributed by atoms with E-state index in [2.05, 4.69) is 36.9 Å². The second kappa shape index (κ2) is 9.57. The Kier molecular flexibility index (Phi) is 6.87. The van der Waals surface area contributed by atoms with E-state index in [0.29, 0.717) is 30.3 Å². The van der Waals surface area contributed by atoms with Crippen molar-refractivity contribution in [2.24, 2.45) is 0 Å². The lowest BCUT2D eigenvalue weighted by molar-refractivity contribution is -0.126. The third-order valence-electron chi connectivity index (χ3n) is 5.65. The highest BCUT2D eigenvalue weighted by atomic mass is 16.5. The van der Waals surface area contributed by atoms with E-state index in [1.54, 1.807) is 45.6 Å². The summed E-state index contributed by atoms with van der Waals surface area (Å²) < 4.78 is 16.1. The zero-order valence-corrected chi connectivity index (χ0v) is 18.4. The molecule has 2 aromatic rings. The average Bonchev–Trinajstić information content (AvgIpc) is 2.78. The molecule has 0 N–H and O–H groups in total. The molecule has 0 aromatic heterocycles. The Balaban J connectivity index is 1.67. The number of carbonyl (C=O) groups is 1. The van der Waals surface area contributed by atoms with Crippen molar-refractivity contribution in [3.8, 4) is 17.2 Å². The molecule has 3 rings (SSSR count). The van der Waals surface area contributed by atoms with Crippen molar-refractivity contribution >= 4 is 17.7 Å². The van der Waals surface area contributed by atoms with Gasteiger partial charge in [-0.15, -0.1) is 0 Å². The van der Waals surface area contributed by atoms with Gasteiger partial charge < -0.3 is 24.0 Å². The number of hydrogen-bond acceptors (Lipinski definition) is 5. The van der Waals surface area contributed by atoms with Crippen LogP contribution in [0.4, 0.5) is 5.69 Å². The highest BCUT2D eigenvalue weighted by Gasteiger charge is 2.21. The maximum absolute atomic E-state index is 12.7. The number of ether oxygens (including phenoxy) is 3. The monoisotopic (exact) mass is 410 g/mol. The second-order valence-electron chi connectivity index (χ2n) is 7.31. The van der Waals surface area contributed by atoms with Crippen LogP contribution in [0.25, 0.3) is 6.08 Å². The number of methoxy groups -OCH3 is 3. The number of nitrogens with zero attached hydrogens (tertiary/aromatic N) is 2. The lowest BCUT2D eigenvalue weighted by Crippen LogP contribution is -2.48. The molecule has 0 saturated carbocycles. The summed E-state index contributed by atoms with van der Waals surface area (Å²) in [7, 11) is 4.75. The van der Waals surface area contributed by atoms with E-state index in [9.17, 15) is 4.79 Å². The zero-order chi connectivity index (χ0) is 21.7. The molecule has 1 aliphatic heterocycles. The number of rotatable bonds is 6. The van der Waals surface area contributed by atoms with Crippen molar-refractivity contribution in [2.45, 2.75) is 13.8 Å². The van der Waals surface area contributed by atoms with Gasteiger partial charge in [-0.3, -0.25) is 4.79 Å². The van der Waals surface area contributed by atoms with Gasteiger partial charge in [0, 0.05) is 49.6 Å². The van der Waals surface area contributed by atoms with Crippen LogP contribution in [0.15, 0.2) is 36.4 Å². The molecular formula is C24H30N2O4. The number of amides is 1. The van der Waals surface area contributed by atoms with Gasteiger partial charge in [0.1, 0.15) is 5.75 Å². The molecule has 0 spiro atoms. The van der Waals surface area contributed by atoms with E-state index in [-0.39, 0.29) is 5.91 Å². The summed E-state index contributed by atoms with van der Waals surface area (Å²) >= 11 is 0. The number of carbonyl (C=O) groups excluding carboxylic acids is 1. The minimum Gasteiger partial charge on any atom is -0.496 e. The molecule has 0 radical (unpaired) electrons. The van der Waals surface area contributed by atoms with Gasteiger partial charge in [0.25, 0.3) is 0 Å². The molecule has 6 nitrogen and oxygen atoms in total. The number of piperazine rings is 1. The molecule has 160 valence electrons. The van der Waals surface area contributed by atoms with Gasteiger partial charge in [-0.2, -0.15) is 0 Å². The van der Waals surface area contributed by atoms with Gasteiger partial charge in [-0.25, -0.2) is 0 Å². The maximum Gasteiger partial charge on any atom is 0.246 e. The summed E-state index contributed by atoms with van der Waals surface area (Å²) in [4.78, 5) is 17.0. The molecule has 1 heterocycles. The van der Waals surface area contributed by atoms with Crippen LogP contribution in [0.2, 0.25) is 0 Å². The maximum atomic E-state index is 12.7. The molecule has 0 unspecified atom stereocenters. The Morgan fingerprint density at radius 3 is 2.17 bits per heavy atom. The van der Waals surface area contributed by atoms with Crippen molar-refractivity contribution in [1.82, 2.24) is 4.90 Å². The molecule has 6 heteroatoms. The molecule has 1 aliphatic rings. The van der Waals surface area contributed by atoms with Gasteiger partial charge in [-0.1, -0.05) is 12.1 Å². The smallest absolute Gasteiger partial charge is 0.246 e. The van der Waals surface area contributed by atoms with Crippen LogP contribution in [0.3, 0.4) is 0 Å². The highest BCUT2D eigenvalue weighted by molar-refractivity contribution is 5.92. The third kappa shape index (κ3) is 4.53. The van der Waals surface area contributed by atoms with E-state index in [1.807, 2.05) is 4.90 Å². The van der Waals surface area contributed by atoms with Gasteiger partial charge in [0.15, 0.2) is 11.5 Å². The van der Waals surface area contributed by atoms with Crippen molar-refractivity contribution in [3.63, 3.8) is 0 Å². The van der Waals surface area contributed by atoms with Gasteiger partial charge >= 0.3 is 0 Å². The minimum absolute atomic E-state index is 0.00699. The molecule has 0 atom stereocenters. The Bertz CT molecular complexity index is 931. The summed E-state index contributed by atoms with van der Waals surface area (Å²) in [5.74, 6) is 1.79. The molecule has 0 bridgehead atoms. The first kappa shape index (κ1) is 21.6. The van der Waals surface area contributed by atoms with Crippen molar-refractivity contribution < 1.29 is 19.0 Å². The minimum atomic E-state index is -0.00699. The van der Waals surface area contributed by atoms with Gasteiger partial charge in [0.2, 0.25) is 5.91 Å². The molecule has 30 heavy (non-hydrogen) atoms. The second-order valence-corrected chi connectivity index (χ2v) is 7.31. The predicted octanol–water partition coefficient (Wildman–Crippen LogP) is 3.69. The molecule has 1 saturated heterocycles. The van der Waals surface area contributed by atoms with E-state index < -0.39 is 0 Å². The van der Waals surface area contributed by atoms with E-state index in [1.165, 1.54) is 16.8 Å². The van der Waals surface area contributed by atoms with Gasteiger partial charge in [-0.05, 0) is 43.2 Å². The van der Waals surface area contributed by atoms with Crippen molar-refractivity contribution in [1.29, 1.82) is 0 Å². The number of benzene rings is 2. The van der Waals surface area contributed by atoms with E-state index >= 15 is 0 Å². The molecule has 1 amide bonds. The quantitative estimate of drug-likeness (QED) is 0.680. The first-order chi connectivity index (χ1) is 14.5. The van der Waals surface area contributed by atoms with Crippen LogP contribution in [0.1, 0.15) is 16.7 Å². The van der Waals surface area contributed by atoms with E-state index in [0.717, 1.165) is 18.7 Å². The first-order valence-electron chi connectivity index (χ1n) is 10.1. The fraction of sp³-hybridized carbons (Fsp3) is 0.375. The first-order valence-corrected chi connectivity index (χ1v) is 10.1. The van der Waals surface area contributed by atoms with Crippen LogP contribution in [-0.2, 0) is 4.79 Å². The molecular weight excluding hydrogens is 380 g/mol. The number of aryl methyl sites for hydroxylation is 1. The Morgan fingerprint density at radius 1 is 0.900 bits per heavy atom. The van der Waals surface area contributed by atoms with Crippen molar-refractivity contribution in [2.75, 3.05) is 52.4 Å². The van der Waals surface area contributed by atoms with Crippen LogP contribution in [-0.4, -0.2) is 58.3 Å².